The molecule has 152 valence electrons. The number of aliphatic carboxylic acids is 1. The minimum Gasteiger partial charge on any atom is -0.481 e. The van der Waals surface area contributed by atoms with Gasteiger partial charge in [0.2, 0.25) is 7.85 Å². The predicted molar refractivity (Wildman–Crippen MR) is 110 cm³/mol. The first-order valence-corrected chi connectivity index (χ1v) is 9.25. The van der Waals surface area contributed by atoms with Crippen molar-refractivity contribution < 1.29 is 29.8 Å². The average molecular weight is 384 g/mol. The van der Waals surface area contributed by atoms with Crippen molar-refractivity contribution in [2.75, 3.05) is 39.3 Å². The summed E-state index contributed by atoms with van der Waals surface area (Å²) in [6, 6.07) is 0. The van der Waals surface area contributed by atoms with Crippen molar-refractivity contribution in [3.8, 4) is 0 Å². The summed E-state index contributed by atoms with van der Waals surface area (Å²) in [6.45, 7) is 6.85. The highest BCUT2D eigenvalue weighted by molar-refractivity contribution is 6.56. The van der Waals surface area contributed by atoms with Crippen molar-refractivity contribution in [3.05, 3.63) is 0 Å². The van der Waals surface area contributed by atoms with Crippen LogP contribution >= 0.6 is 0 Å². The molecule has 0 aromatic heterocycles. The van der Waals surface area contributed by atoms with Crippen LogP contribution in [0, 0.1) is 5.92 Å². The predicted octanol–water partition coefficient (Wildman–Crippen LogP) is -3.06. The van der Waals surface area contributed by atoms with Gasteiger partial charge in [-0.1, -0.05) is 0 Å². The molecule has 0 aliphatic rings. The lowest BCUT2D eigenvalue weighted by atomic mass is 9.82. The molecule has 0 aromatic rings. The van der Waals surface area contributed by atoms with E-state index in [1.165, 1.54) is 12.7 Å². The molecule has 0 aliphatic heterocycles. The Labute approximate surface area is 163 Å². The normalized spacial score (nSPS) is 12.0. The summed E-state index contributed by atoms with van der Waals surface area (Å²) in [5, 5.41) is 43.3. The van der Waals surface area contributed by atoms with Gasteiger partial charge in [-0.2, -0.15) is 0 Å². The second kappa shape index (κ2) is 14.0. The Hall–Kier alpha value is -1.04. The summed E-state index contributed by atoms with van der Waals surface area (Å²) < 4.78 is 0. The molecule has 6 N–H and O–H groups in total. The van der Waals surface area contributed by atoms with Gasteiger partial charge in [0.05, 0.1) is 6.42 Å². The van der Waals surface area contributed by atoms with Crippen LogP contribution in [0.4, 0.5) is 4.79 Å². The Morgan fingerprint density at radius 1 is 1.00 bits per heavy atom. The fourth-order valence-corrected chi connectivity index (χ4v) is 2.71. The van der Waals surface area contributed by atoms with Crippen molar-refractivity contribution in [1.29, 1.82) is 0 Å². The quantitative estimate of drug-likeness (QED) is 0.162. The number of carbonyl (C=O) groups is 2. The maximum atomic E-state index is 11.9. The molecule has 0 rings (SSSR count). The van der Waals surface area contributed by atoms with Crippen LogP contribution < -0.4 is 10.5 Å². The van der Waals surface area contributed by atoms with Crippen LogP contribution in [0.25, 0.3) is 0 Å². The smallest absolute Gasteiger partial charge is 0.376 e. The van der Waals surface area contributed by atoms with Crippen molar-refractivity contribution in [1.82, 2.24) is 20.2 Å². The van der Waals surface area contributed by atoms with E-state index in [-0.39, 0.29) is 24.7 Å². The van der Waals surface area contributed by atoms with Crippen molar-refractivity contribution in [3.63, 3.8) is 0 Å². The summed E-state index contributed by atoms with van der Waals surface area (Å²) in [5.74, 6) is -1.53. The molecule has 0 bridgehead atoms. The lowest BCUT2D eigenvalue weighted by Gasteiger charge is -2.32. The molecule has 14 heteroatoms. The van der Waals surface area contributed by atoms with Gasteiger partial charge < -0.3 is 40.3 Å². The molecule has 1 unspecified atom stereocenters. The largest absolute Gasteiger partial charge is 0.481 e. The van der Waals surface area contributed by atoms with E-state index in [4.69, 9.17) is 0 Å². The second-order valence-corrected chi connectivity index (χ2v) is 6.82. The number of nitrogens with zero attached hydrogens (tertiary/aromatic N) is 2. The van der Waals surface area contributed by atoms with E-state index >= 15 is 0 Å². The van der Waals surface area contributed by atoms with Gasteiger partial charge in [-0.05, 0) is 39.5 Å². The maximum absolute atomic E-state index is 11.9. The molecule has 0 saturated carbocycles. The van der Waals surface area contributed by atoms with Gasteiger partial charge >= 0.3 is 27.1 Å². The average Bonchev–Trinajstić information content (AvgIpc) is 2.51. The Kier molecular flexibility index (Phi) is 13.5. The van der Waals surface area contributed by atoms with Gasteiger partial charge in [0.15, 0.2) is 5.81 Å². The molecule has 0 radical (unpaired) electrons. The molecule has 0 heterocycles. The van der Waals surface area contributed by atoms with Crippen molar-refractivity contribution >= 4 is 40.8 Å². The lowest BCUT2D eigenvalue weighted by Crippen LogP contribution is -2.49. The second-order valence-electron chi connectivity index (χ2n) is 6.82. The van der Waals surface area contributed by atoms with Gasteiger partial charge in [0.1, 0.15) is 0 Å². The summed E-state index contributed by atoms with van der Waals surface area (Å²) in [6.07, 6.45) is -0.138. The van der Waals surface area contributed by atoms with Crippen LogP contribution in [-0.2, 0) is 4.79 Å². The van der Waals surface area contributed by atoms with Crippen LogP contribution in [0.1, 0.15) is 6.42 Å². The van der Waals surface area contributed by atoms with Crippen LogP contribution in [0.5, 0.6) is 0 Å². The minimum atomic E-state index is -0.974. The third-order valence-corrected chi connectivity index (χ3v) is 4.07. The highest BCUT2D eigenvalue weighted by Crippen LogP contribution is 2.10. The number of hydrogen-bond acceptors (Lipinski definition) is 8. The number of hydrogen-bond donors (Lipinski definition) is 6. The number of nitrogens with one attached hydrogen (secondary N) is 2. The zero-order valence-corrected chi connectivity index (χ0v) is 16.8. The molecule has 10 nitrogen and oxygen atoms in total. The first-order valence-electron chi connectivity index (χ1n) is 9.25. The Balaban J connectivity index is 4.92. The fourth-order valence-electron chi connectivity index (χ4n) is 2.71. The van der Waals surface area contributed by atoms with Gasteiger partial charge in [0.25, 0.3) is 0 Å². The highest BCUT2D eigenvalue weighted by atomic mass is 16.4. The monoisotopic (exact) mass is 384 g/mol. The molecule has 0 saturated heterocycles. The summed E-state index contributed by atoms with van der Waals surface area (Å²) in [5.41, 5.74) is 0. The molecule has 0 fully saturated rings. The Morgan fingerprint density at radius 2 is 1.52 bits per heavy atom. The fraction of sp³-hybridized carbons (Fsp3) is 0.846. The molecule has 27 heavy (non-hydrogen) atoms. The zero-order valence-electron chi connectivity index (χ0n) is 16.8. The topological polar surface area (TPSA) is 146 Å². The van der Waals surface area contributed by atoms with Crippen LogP contribution in [0.2, 0.25) is 20.5 Å². The molecule has 0 spiro atoms. The van der Waals surface area contributed by atoms with E-state index in [0.717, 1.165) is 0 Å². The van der Waals surface area contributed by atoms with Crippen molar-refractivity contribution in [2.45, 2.75) is 26.9 Å². The van der Waals surface area contributed by atoms with Gasteiger partial charge in [0, 0.05) is 26.2 Å². The van der Waals surface area contributed by atoms with Gasteiger partial charge in [-0.25, -0.2) is 0 Å². The van der Waals surface area contributed by atoms with E-state index in [9.17, 15) is 29.8 Å². The zero-order chi connectivity index (χ0) is 21.0. The molecular weight excluding hydrogens is 351 g/mol. The van der Waals surface area contributed by atoms with Gasteiger partial charge in [-0.3, -0.25) is 9.59 Å². The van der Waals surface area contributed by atoms with Crippen LogP contribution in [-0.4, -0.2) is 110 Å². The van der Waals surface area contributed by atoms with E-state index < -0.39 is 27.1 Å². The Morgan fingerprint density at radius 3 is 1.93 bits per heavy atom. The molecular formula is C13H32B4N4O6. The third-order valence-electron chi connectivity index (χ3n) is 4.07. The molecule has 0 aromatic carbocycles. The summed E-state index contributed by atoms with van der Waals surface area (Å²) >= 11 is 0. The number of carboxylic acids is 1. The Bertz CT molecular complexity index is 447. The molecule has 1 atom stereocenters. The number of carboxylic acid groups (broad SMARTS) is 1. The summed E-state index contributed by atoms with van der Waals surface area (Å²) in [7, 11) is -0.745. The van der Waals surface area contributed by atoms with Gasteiger partial charge in [-0.15, -0.1) is 0 Å². The standard InChI is InChI=1S/C13H32B4N4O6/c1-15(25)18-4-6-20(13(14)24)9-11(8-12(22)23)10-21(17(3)27)7-5-19-16(2)26/h11,18-19,25-27H,4-10,14H2,1-3H3,(H,22,23). The highest BCUT2D eigenvalue weighted by Gasteiger charge is 2.25. The summed E-state index contributed by atoms with van der Waals surface area (Å²) in [4.78, 5) is 26.4. The van der Waals surface area contributed by atoms with E-state index in [1.807, 2.05) is 0 Å². The molecule has 0 aliphatic carbocycles. The number of amides is 1. The first-order chi connectivity index (χ1) is 12.5. The SMILES string of the molecule is BC(=O)N(CCNB(C)O)CC(CC(=O)O)CN(CCNB(C)O)B(C)O. The third kappa shape index (κ3) is 13.7. The van der Waals surface area contributed by atoms with Crippen LogP contribution in [0.15, 0.2) is 0 Å². The molecule has 1 amide bonds. The lowest BCUT2D eigenvalue weighted by molar-refractivity contribution is -0.138. The minimum absolute atomic E-state index is 0.138. The van der Waals surface area contributed by atoms with E-state index in [1.54, 1.807) is 25.3 Å². The van der Waals surface area contributed by atoms with Crippen LogP contribution in [0.3, 0.4) is 0 Å². The van der Waals surface area contributed by atoms with Crippen molar-refractivity contribution in [2.24, 2.45) is 5.92 Å². The number of rotatable bonds is 15. The maximum Gasteiger partial charge on any atom is 0.376 e. The number of carbonyl (C=O) groups excluding carboxylic acids is 1. The van der Waals surface area contributed by atoms with E-state index in [0.29, 0.717) is 32.7 Å². The van der Waals surface area contributed by atoms with E-state index in [2.05, 4.69) is 10.5 Å². The first kappa shape index (κ1) is 26.0.